The number of carbonyl (C=O) groups is 1. The van der Waals surface area contributed by atoms with Crippen LogP contribution < -0.4 is 4.74 Å². The van der Waals surface area contributed by atoms with Gasteiger partial charge in [0, 0.05) is 19.6 Å². The third-order valence-corrected chi connectivity index (χ3v) is 8.48. The van der Waals surface area contributed by atoms with Crippen molar-refractivity contribution in [2.45, 2.75) is 58.1 Å². The van der Waals surface area contributed by atoms with Gasteiger partial charge in [-0.1, -0.05) is 84.9 Å². The Labute approximate surface area is 262 Å². The standard InChI is InChI=1S/C39H45NO4/c1-4-42-37(39(41)43-5-2)28-31-18-23-34(24-19-31)44-26-25-40(3)38-35-14-10-9-13-32(35)21-22-33-20-17-30(27-36(33)38)16-15-29-11-7-6-8-12-29/h6-14,17-20,23-24,27,37-38H,4-5,15-16,21-22,25-26,28H2,1-3H3. The zero-order valence-corrected chi connectivity index (χ0v) is 26.3. The monoisotopic (exact) mass is 591 g/mol. The Bertz CT molecular complexity index is 1480. The van der Waals surface area contributed by atoms with Gasteiger partial charge in [-0.3, -0.25) is 4.90 Å². The van der Waals surface area contributed by atoms with Gasteiger partial charge in [-0.15, -0.1) is 0 Å². The third kappa shape index (κ3) is 8.16. The quantitative estimate of drug-likeness (QED) is 0.145. The maximum absolute atomic E-state index is 12.2. The van der Waals surface area contributed by atoms with E-state index in [4.69, 9.17) is 14.2 Å². The molecule has 44 heavy (non-hydrogen) atoms. The highest BCUT2D eigenvalue weighted by Gasteiger charge is 2.27. The fourth-order valence-corrected chi connectivity index (χ4v) is 6.17. The SMILES string of the molecule is CCOC(=O)C(Cc1ccc(OCCN(C)C2c3ccccc3CCc3ccc(CCc4ccccc4)cc32)cc1)OCC. The van der Waals surface area contributed by atoms with Gasteiger partial charge in [0.25, 0.3) is 0 Å². The number of nitrogens with zero attached hydrogens (tertiary/aromatic N) is 1. The van der Waals surface area contributed by atoms with Crippen LogP contribution in [0.4, 0.5) is 0 Å². The molecule has 0 amide bonds. The molecule has 0 spiro atoms. The Morgan fingerprint density at radius 3 is 2.20 bits per heavy atom. The Balaban J connectivity index is 1.26. The molecule has 0 saturated carbocycles. The molecule has 1 aliphatic rings. The molecule has 0 aliphatic heterocycles. The third-order valence-electron chi connectivity index (χ3n) is 8.48. The van der Waals surface area contributed by atoms with Crippen LogP contribution in [0.5, 0.6) is 5.75 Å². The summed E-state index contributed by atoms with van der Waals surface area (Å²) in [7, 11) is 2.21. The molecule has 5 rings (SSSR count). The summed E-state index contributed by atoms with van der Waals surface area (Å²) in [6.45, 7) is 5.85. The Hall–Kier alpha value is -3.93. The molecular weight excluding hydrogens is 546 g/mol. The van der Waals surface area contributed by atoms with Gasteiger partial charge in [0.15, 0.2) is 6.10 Å². The lowest BCUT2D eigenvalue weighted by molar-refractivity contribution is -0.156. The summed E-state index contributed by atoms with van der Waals surface area (Å²) in [5, 5.41) is 0. The van der Waals surface area contributed by atoms with Crippen molar-refractivity contribution in [1.29, 1.82) is 0 Å². The average Bonchev–Trinajstić information content (AvgIpc) is 3.21. The lowest BCUT2D eigenvalue weighted by Crippen LogP contribution is -2.30. The van der Waals surface area contributed by atoms with Crippen LogP contribution in [-0.4, -0.2) is 50.4 Å². The first-order chi connectivity index (χ1) is 21.6. The number of aryl methyl sites for hydroxylation is 4. The highest BCUT2D eigenvalue weighted by Crippen LogP contribution is 2.37. The van der Waals surface area contributed by atoms with Crippen LogP contribution in [0.25, 0.3) is 0 Å². The Morgan fingerprint density at radius 1 is 0.773 bits per heavy atom. The predicted octanol–water partition coefficient (Wildman–Crippen LogP) is 7.18. The van der Waals surface area contributed by atoms with E-state index in [0.717, 1.165) is 43.5 Å². The van der Waals surface area contributed by atoms with Crippen molar-refractivity contribution in [3.63, 3.8) is 0 Å². The molecular formula is C39H45NO4. The second-order valence-corrected chi connectivity index (χ2v) is 11.5. The lowest BCUT2D eigenvalue weighted by Gasteiger charge is -2.30. The number of hydrogen-bond donors (Lipinski definition) is 0. The summed E-state index contributed by atoms with van der Waals surface area (Å²) in [6.07, 6.45) is 4.06. The highest BCUT2D eigenvalue weighted by atomic mass is 16.6. The number of benzene rings is 4. The molecule has 230 valence electrons. The van der Waals surface area contributed by atoms with Crippen LogP contribution >= 0.6 is 0 Å². The molecule has 4 aromatic carbocycles. The van der Waals surface area contributed by atoms with Crippen molar-refractivity contribution in [2.75, 3.05) is 33.4 Å². The summed E-state index contributed by atoms with van der Waals surface area (Å²) in [6, 6.07) is 34.9. The van der Waals surface area contributed by atoms with Crippen molar-refractivity contribution < 1.29 is 19.0 Å². The van der Waals surface area contributed by atoms with Crippen molar-refractivity contribution in [3.05, 3.63) is 136 Å². The number of hydrogen-bond acceptors (Lipinski definition) is 5. The first kappa shape index (κ1) is 31.5. The molecule has 0 radical (unpaired) electrons. The van der Waals surface area contributed by atoms with Crippen LogP contribution in [0.3, 0.4) is 0 Å². The Kier molecular flexibility index (Phi) is 11.2. The van der Waals surface area contributed by atoms with Crippen molar-refractivity contribution in [1.82, 2.24) is 4.90 Å². The van der Waals surface area contributed by atoms with Crippen molar-refractivity contribution >= 4 is 5.97 Å². The molecule has 5 nitrogen and oxygen atoms in total. The van der Waals surface area contributed by atoms with Crippen molar-refractivity contribution in [2.24, 2.45) is 0 Å². The van der Waals surface area contributed by atoms with Gasteiger partial charge >= 0.3 is 5.97 Å². The fourth-order valence-electron chi connectivity index (χ4n) is 6.17. The Morgan fingerprint density at radius 2 is 1.45 bits per heavy atom. The van der Waals surface area contributed by atoms with Crippen LogP contribution in [0, 0.1) is 0 Å². The molecule has 0 N–H and O–H groups in total. The van der Waals surface area contributed by atoms with Crippen LogP contribution in [-0.2, 0) is 46.4 Å². The summed E-state index contributed by atoms with van der Waals surface area (Å²) in [5.74, 6) is 0.499. The lowest BCUT2D eigenvalue weighted by atomic mass is 9.91. The van der Waals surface area contributed by atoms with Crippen LogP contribution in [0.1, 0.15) is 58.8 Å². The van der Waals surface area contributed by atoms with E-state index in [1.165, 1.54) is 33.4 Å². The molecule has 2 atom stereocenters. The van der Waals surface area contributed by atoms with E-state index in [1.807, 2.05) is 38.1 Å². The van der Waals surface area contributed by atoms with E-state index < -0.39 is 6.10 Å². The summed E-state index contributed by atoms with van der Waals surface area (Å²) in [4.78, 5) is 14.7. The topological polar surface area (TPSA) is 48.0 Å². The maximum Gasteiger partial charge on any atom is 0.335 e. The largest absolute Gasteiger partial charge is 0.492 e. The van der Waals surface area contributed by atoms with E-state index in [0.29, 0.717) is 26.2 Å². The fraction of sp³-hybridized carbons (Fsp3) is 0.359. The van der Waals surface area contributed by atoms with E-state index in [-0.39, 0.29) is 12.0 Å². The van der Waals surface area contributed by atoms with E-state index in [2.05, 4.69) is 84.7 Å². The first-order valence-electron chi connectivity index (χ1n) is 16.0. The number of carbonyl (C=O) groups excluding carboxylic acids is 1. The minimum Gasteiger partial charge on any atom is -0.492 e. The maximum atomic E-state index is 12.2. The van der Waals surface area contributed by atoms with Gasteiger partial charge in [0.05, 0.1) is 12.6 Å². The van der Waals surface area contributed by atoms with Gasteiger partial charge in [0.2, 0.25) is 0 Å². The second-order valence-electron chi connectivity index (χ2n) is 11.5. The number of fused-ring (bicyclic) bond motifs is 2. The van der Waals surface area contributed by atoms with E-state index >= 15 is 0 Å². The normalized spacial score (nSPS) is 14.8. The molecule has 4 aromatic rings. The molecule has 0 saturated heterocycles. The molecule has 0 aromatic heterocycles. The molecule has 0 fully saturated rings. The smallest absolute Gasteiger partial charge is 0.335 e. The molecule has 1 aliphatic carbocycles. The van der Waals surface area contributed by atoms with Crippen LogP contribution in [0.15, 0.2) is 97.1 Å². The first-order valence-corrected chi connectivity index (χ1v) is 16.0. The minimum atomic E-state index is -0.593. The molecule has 0 bridgehead atoms. The van der Waals surface area contributed by atoms with E-state index in [1.54, 1.807) is 0 Å². The second kappa shape index (κ2) is 15.7. The number of esters is 1. The summed E-state index contributed by atoms with van der Waals surface area (Å²) < 4.78 is 17.0. The molecule has 5 heteroatoms. The van der Waals surface area contributed by atoms with Gasteiger partial charge in [-0.2, -0.15) is 0 Å². The highest BCUT2D eigenvalue weighted by molar-refractivity contribution is 5.75. The zero-order valence-electron chi connectivity index (χ0n) is 26.3. The summed E-state index contributed by atoms with van der Waals surface area (Å²) >= 11 is 0. The van der Waals surface area contributed by atoms with Gasteiger partial charge in [0.1, 0.15) is 12.4 Å². The average molecular weight is 592 g/mol. The number of likely N-dealkylation sites (N-methyl/N-ethyl adjacent to an activating group) is 1. The summed E-state index contributed by atoms with van der Waals surface area (Å²) in [5.41, 5.74) is 9.44. The number of ether oxygens (including phenoxy) is 3. The van der Waals surface area contributed by atoms with Crippen LogP contribution in [0.2, 0.25) is 0 Å². The molecule has 0 heterocycles. The predicted molar refractivity (Wildman–Crippen MR) is 176 cm³/mol. The molecule has 2 unspecified atom stereocenters. The zero-order chi connectivity index (χ0) is 30.7. The van der Waals surface area contributed by atoms with Gasteiger partial charge in [-0.25, -0.2) is 4.79 Å². The number of rotatable bonds is 14. The van der Waals surface area contributed by atoms with Gasteiger partial charge < -0.3 is 14.2 Å². The van der Waals surface area contributed by atoms with Gasteiger partial charge in [-0.05, 0) is 97.7 Å². The van der Waals surface area contributed by atoms with E-state index in [9.17, 15) is 4.79 Å². The van der Waals surface area contributed by atoms with Crippen molar-refractivity contribution in [3.8, 4) is 5.75 Å². The minimum absolute atomic E-state index is 0.171.